The van der Waals surface area contributed by atoms with Crippen molar-refractivity contribution >= 4 is 23.2 Å². The van der Waals surface area contributed by atoms with E-state index >= 15 is 0 Å². The first-order chi connectivity index (χ1) is 15.8. The molecule has 0 bridgehead atoms. The van der Waals surface area contributed by atoms with Crippen LogP contribution in [0.1, 0.15) is 73.4 Å². The molecule has 0 saturated carbocycles. The van der Waals surface area contributed by atoms with Gasteiger partial charge in [0.05, 0.1) is 11.1 Å². The summed E-state index contributed by atoms with van der Waals surface area (Å²) in [5.74, 6) is -1.13. The highest BCUT2D eigenvalue weighted by Crippen LogP contribution is 2.30. The number of phenols is 2. The lowest BCUT2D eigenvalue weighted by Crippen LogP contribution is -2.17. The Bertz CT molecular complexity index is 1140. The average molecular weight is 461 g/mol. The minimum absolute atomic E-state index is 0.107. The molecule has 0 fully saturated rings. The number of aromatic hydroxyl groups is 2. The van der Waals surface area contributed by atoms with Crippen molar-refractivity contribution in [3.8, 4) is 11.5 Å². The Morgan fingerprint density at radius 1 is 0.618 bits per heavy atom. The van der Waals surface area contributed by atoms with Crippen molar-refractivity contribution in [3.63, 3.8) is 0 Å². The van der Waals surface area contributed by atoms with Gasteiger partial charge < -0.3 is 20.8 Å². The second kappa shape index (κ2) is 9.21. The highest BCUT2D eigenvalue weighted by atomic mass is 16.3. The van der Waals surface area contributed by atoms with Gasteiger partial charge in [-0.3, -0.25) is 9.59 Å². The fraction of sp³-hybridized carbons (Fsp3) is 0.286. The first kappa shape index (κ1) is 24.8. The monoisotopic (exact) mass is 460 g/mol. The summed E-state index contributed by atoms with van der Waals surface area (Å²) in [6, 6.07) is 16.7. The number of amides is 2. The number of benzene rings is 3. The zero-order valence-electron chi connectivity index (χ0n) is 20.5. The van der Waals surface area contributed by atoms with Crippen LogP contribution >= 0.6 is 0 Å². The molecule has 0 aliphatic rings. The van der Waals surface area contributed by atoms with Crippen molar-refractivity contribution in [2.45, 2.75) is 52.4 Å². The topological polar surface area (TPSA) is 98.7 Å². The summed E-state index contributed by atoms with van der Waals surface area (Å²) < 4.78 is 0. The number of carbonyl (C=O) groups excluding carboxylic acids is 2. The molecule has 178 valence electrons. The lowest BCUT2D eigenvalue weighted by atomic mass is 9.86. The van der Waals surface area contributed by atoms with Crippen molar-refractivity contribution in [2.24, 2.45) is 0 Å². The Hall–Kier alpha value is -3.80. The SMILES string of the molecule is CC(C)(C)c1ccc(O)c(C(=O)Nc2cccc(NC(=O)c3cc(C(C)(C)C)ccc3O)c2)c1. The van der Waals surface area contributed by atoms with Crippen LogP contribution in [0.4, 0.5) is 11.4 Å². The predicted molar refractivity (Wildman–Crippen MR) is 136 cm³/mol. The number of anilines is 2. The van der Waals surface area contributed by atoms with Crippen molar-refractivity contribution in [3.05, 3.63) is 82.9 Å². The standard InChI is InChI=1S/C28H32N2O4/c1-27(2,3)17-10-12-23(31)21(14-17)25(33)29-19-8-7-9-20(16-19)30-26(34)22-15-18(28(4,5)6)11-13-24(22)32/h7-16,31-32H,1-6H3,(H,29,33)(H,30,34). The second-order valence-electron chi connectivity index (χ2n) is 10.5. The van der Waals surface area contributed by atoms with Gasteiger partial charge in [-0.15, -0.1) is 0 Å². The highest BCUT2D eigenvalue weighted by Gasteiger charge is 2.20. The van der Waals surface area contributed by atoms with Crippen molar-refractivity contribution in [1.82, 2.24) is 0 Å². The number of nitrogens with one attached hydrogen (secondary N) is 2. The Morgan fingerprint density at radius 3 is 1.35 bits per heavy atom. The van der Waals surface area contributed by atoms with Gasteiger partial charge in [-0.2, -0.15) is 0 Å². The summed E-state index contributed by atoms with van der Waals surface area (Å²) in [5.41, 5.74) is 2.75. The molecule has 6 nitrogen and oxygen atoms in total. The molecule has 0 aromatic heterocycles. The molecule has 3 aromatic rings. The van der Waals surface area contributed by atoms with Gasteiger partial charge in [0, 0.05) is 11.4 Å². The molecule has 0 saturated heterocycles. The van der Waals surface area contributed by atoms with Gasteiger partial charge >= 0.3 is 0 Å². The van der Waals surface area contributed by atoms with Crippen LogP contribution < -0.4 is 10.6 Å². The summed E-state index contributed by atoms with van der Waals surface area (Å²) in [6.45, 7) is 12.2. The summed E-state index contributed by atoms with van der Waals surface area (Å²) >= 11 is 0. The van der Waals surface area contributed by atoms with Gasteiger partial charge in [0.2, 0.25) is 0 Å². The van der Waals surface area contributed by atoms with Gasteiger partial charge in [0.1, 0.15) is 11.5 Å². The maximum atomic E-state index is 12.9. The normalized spacial score (nSPS) is 11.7. The second-order valence-corrected chi connectivity index (χ2v) is 10.5. The molecule has 0 aliphatic carbocycles. The molecule has 0 radical (unpaired) electrons. The van der Waals surface area contributed by atoms with E-state index in [0.717, 1.165) is 11.1 Å². The van der Waals surface area contributed by atoms with Crippen LogP contribution in [0.25, 0.3) is 0 Å². The summed E-state index contributed by atoms with van der Waals surface area (Å²) in [5, 5.41) is 26.0. The zero-order valence-corrected chi connectivity index (χ0v) is 20.5. The molecule has 0 unspecified atom stereocenters. The molecular formula is C28H32N2O4. The van der Waals surface area contributed by atoms with E-state index in [1.54, 1.807) is 48.5 Å². The van der Waals surface area contributed by atoms with E-state index in [-0.39, 0.29) is 33.5 Å². The number of phenolic OH excluding ortho intramolecular Hbond substituents is 2. The number of hydrogen-bond donors (Lipinski definition) is 4. The summed E-state index contributed by atoms with van der Waals surface area (Å²) in [6.07, 6.45) is 0. The number of carbonyl (C=O) groups is 2. The Balaban J connectivity index is 1.80. The molecule has 3 aromatic carbocycles. The Kier molecular flexibility index (Phi) is 6.73. The van der Waals surface area contributed by atoms with Crippen molar-refractivity contribution in [2.75, 3.05) is 10.6 Å². The van der Waals surface area contributed by atoms with Crippen LogP contribution in [0.15, 0.2) is 60.7 Å². The highest BCUT2D eigenvalue weighted by molar-refractivity contribution is 6.08. The maximum absolute atomic E-state index is 12.9. The van der Waals surface area contributed by atoms with E-state index in [9.17, 15) is 19.8 Å². The molecule has 6 heteroatoms. The maximum Gasteiger partial charge on any atom is 0.259 e. The van der Waals surface area contributed by atoms with Crippen LogP contribution in [0.5, 0.6) is 11.5 Å². The van der Waals surface area contributed by atoms with Crippen LogP contribution in [0, 0.1) is 0 Å². The van der Waals surface area contributed by atoms with Gasteiger partial charge in [-0.25, -0.2) is 0 Å². The molecule has 3 rings (SSSR count). The third-order valence-electron chi connectivity index (χ3n) is 5.59. The van der Waals surface area contributed by atoms with Crippen LogP contribution in [0.3, 0.4) is 0 Å². The van der Waals surface area contributed by atoms with Gasteiger partial charge in [0.25, 0.3) is 11.8 Å². The Morgan fingerprint density at radius 2 is 1.00 bits per heavy atom. The van der Waals surface area contributed by atoms with E-state index in [1.165, 1.54) is 12.1 Å². The molecule has 0 heterocycles. The van der Waals surface area contributed by atoms with E-state index < -0.39 is 11.8 Å². The summed E-state index contributed by atoms with van der Waals surface area (Å²) in [7, 11) is 0. The average Bonchev–Trinajstić information content (AvgIpc) is 2.72. The first-order valence-electron chi connectivity index (χ1n) is 11.2. The molecule has 34 heavy (non-hydrogen) atoms. The van der Waals surface area contributed by atoms with Gasteiger partial charge in [0.15, 0.2) is 0 Å². The molecule has 0 atom stereocenters. The zero-order chi connectivity index (χ0) is 25.3. The Labute approximate surface area is 200 Å². The first-order valence-corrected chi connectivity index (χ1v) is 11.2. The molecule has 4 N–H and O–H groups in total. The predicted octanol–water partition coefficient (Wildman–Crippen LogP) is 6.20. The largest absolute Gasteiger partial charge is 0.507 e. The van der Waals surface area contributed by atoms with Crippen LogP contribution in [0.2, 0.25) is 0 Å². The molecule has 0 spiro atoms. The minimum atomic E-state index is -0.456. The van der Waals surface area contributed by atoms with E-state index in [2.05, 4.69) is 10.6 Å². The molecular weight excluding hydrogens is 428 g/mol. The molecule has 0 aliphatic heterocycles. The smallest absolute Gasteiger partial charge is 0.259 e. The lowest BCUT2D eigenvalue weighted by molar-refractivity contribution is 0.101. The summed E-state index contributed by atoms with van der Waals surface area (Å²) in [4.78, 5) is 25.7. The van der Waals surface area contributed by atoms with E-state index in [4.69, 9.17) is 0 Å². The quantitative estimate of drug-likeness (QED) is 0.373. The lowest BCUT2D eigenvalue weighted by Gasteiger charge is -2.20. The van der Waals surface area contributed by atoms with Crippen LogP contribution in [-0.4, -0.2) is 22.0 Å². The fourth-order valence-corrected chi connectivity index (χ4v) is 3.44. The number of rotatable bonds is 4. The van der Waals surface area contributed by atoms with Crippen molar-refractivity contribution < 1.29 is 19.8 Å². The minimum Gasteiger partial charge on any atom is -0.507 e. The fourth-order valence-electron chi connectivity index (χ4n) is 3.44. The van der Waals surface area contributed by atoms with Crippen molar-refractivity contribution in [1.29, 1.82) is 0 Å². The van der Waals surface area contributed by atoms with Gasteiger partial charge in [-0.1, -0.05) is 59.7 Å². The van der Waals surface area contributed by atoms with Crippen LogP contribution in [-0.2, 0) is 10.8 Å². The third kappa shape index (κ3) is 5.76. The number of hydrogen-bond acceptors (Lipinski definition) is 4. The molecule has 2 amide bonds. The third-order valence-corrected chi connectivity index (χ3v) is 5.59. The van der Waals surface area contributed by atoms with Gasteiger partial charge in [-0.05, 0) is 64.4 Å². The van der Waals surface area contributed by atoms with E-state index in [1.807, 2.05) is 41.5 Å². The van der Waals surface area contributed by atoms with E-state index in [0.29, 0.717) is 11.4 Å².